The fourth-order valence-corrected chi connectivity index (χ4v) is 3.19. The lowest BCUT2D eigenvalue weighted by Gasteiger charge is -2.15. The van der Waals surface area contributed by atoms with Gasteiger partial charge in [0.25, 0.3) is 5.91 Å². The number of alkyl halides is 3. The van der Waals surface area contributed by atoms with E-state index in [-0.39, 0.29) is 30.4 Å². The van der Waals surface area contributed by atoms with Crippen LogP contribution in [0.15, 0.2) is 41.2 Å². The summed E-state index contributed by atoms with van der Waals surface area (Å²) in [5.74, 6) is -1.91. The second-order valence-corrected chi connectivity index (χ2v) is 7.02. The van der Waals surface area contributed by atoms with Gasteiger partial charge in [-0.1, -0.05) is 5.16 Å². The summed E-state index contributed by atoms with van der Waals surface area (Å²) in [6.45, 7) is 0.0530. The highest BCUT2D eigenvalue weighted by Gasteiger charge is 2.38. The van der Waals surface area contributed by atoms with Crippen LogP contribution in [0.4, 0.5) is 13.2 Å². The van der Waals surface area contributed by atoms with Crippen LogP contribution in [0.1, 0.15) is 16.4 Å². The van der Waals surface area contributed by atoms with Gasteiger partial charge in [0.15, 0.2) is 0 Å². The van der Waals surface area contributed by atoms with E-state index in [1.807, 2.05) is 0 Å². The molecule has 4 aromatic rings. The van der Waals surface area contributed by atoms with Gasteiger partial charge in [-0.3, -0.25) is 14.8 Å². The third-order valence-electron chi connectivity index (χ3n) is 4.88. The molecule has 0 radical (unpaired) electrons. The molecular weight excluding hydrogens is 429 g/mol. The topological polar surface area (TPSA) is 110 Å². The SMILES string of the molecule is CN(CCO)C(=O)c1cc2cc(-c3cc(-c4noc(C(F)(F)F)n4)ccn3)ncc2n1C. The fourth-order valence-electron chi connectivity index (χ4n) is 3.19. The molecule has 0 aromatic carbocycles. The first-order chi connectivity index (χ1) is 15.2. The number of hydrogen-bond acceptors (Lipinski definition) is 7. The van der Waals surface area contributed by atoms with Gasteiger partial charge in [0.2, 0.25) is 5.82 Å². The fraction of sp³-hybridized carbons (Fsp3) is 0.250. The van der Waals surface area contributed by atoms with Gasteiger partial charge < -0.3 is 19.1 Å². The number of fused-ring (bicyclic) bond motifs is 1. The Hall–Kier alpha value is -3.80. The molecular formula is C20H17F3N6O3. The van der Waals surface area contributed by atoms with E-state index in [0.717, 1.165) is 5.39 Å². The molecule has 0 aliphatic rings. The van der Waals surface area contributed by atoms with E-state index in [9.17, 15) is 18.0 Å². The Morgan fingerprint density at radius 1 is 1.22 bits per heavy atom. The van der Waals surface area contributed by atoms with Crippen LogP contribution in [-0.4, -0.2) is 60.8 Å². The van der Waals surface area contributed by atoms with Crippen LogP contribution >= 0.6 is 0 Å². The molecule has 0 saturated carbocycles. The molecule has 32 heavy (non-hydrogen) atoms. The number of carbonyl (C=O) groups excluding carboxylic acids is 1. The number of carbonyl (C=O) groups is 1. The van der Waals surface area contributed by atoms with E-state index >= 15 is 0 Å². The van der Waals surface area contributed by atoms with E-state index < -0.39 is 12.1 Å². The average Bonchev–Trinajstić information content (AvgIpc) is 3.39. The maximum atomic E-state index is 12.7. The minimum absolute atomic E-state index is 0.148. The lowest BCUT2D eigenvalue weighted by atomic mass is 10.1. The van der Waals surface area contributed by atoms with Crippen molar-refractivity contribution in [3.63, 3.8) is 0 Å². The standard InChI is InChI=1S/C20H17F3N6O3/c1-28(5-6-30)18(31)15-9-12-8-14(25-10-16(12)29(15)2)13-7-11(3-4-24-13)17-26-19(32-27-17)20(21,22)23/h3-4,7-10,30H,5-6H2,1-2H3. The van der Waals surface area contributed by atoms with Crippen LogP contribution in [0.25, 0.3) is 33.7 Å². The first-order valence-electron chi connectivity index (χ1n) is 9.38. The number of aliphatic hydroxyl groups excluding tert-OH is 1. The van der Waals surface area contributed by atoms with Crippen LogP contribution in [0.5, 0.6) is 0 Å². The Morgan fingerprint density at radius 3 is 2.66 bits per heavy atom. The van der Waals surface area contributed by atoms with E-state index in [0.29, 0.717) is 22.6 Å². The monoisotopic (exact) mass is 446 g/mol. The lowest BCUT2D eigenvalue weighted by Crippen LogP contribution is -2.30. The van der Waals surface area contributed by atoms with Crippen molar-refractivity contribution < 1.29 is 27.6 Å². The van der Waals surface area contributed by atoms with E-state index in [1.165, 1.54) is 23.2 Å². The normalized spacial score (nSPS) is 11.8. The summed E-state index contributed by atoms with van der Waals surface area (Å²) in [6, 6.07) is 6.39. The van der Waals surface area contributed by atoms with Gasteiger partial charge in [-0.25, -0.2) is 0 Å². The van der Waals surface area contributed by atoms with Crippen molar-refractivity contribution in [2.75, 3.05) is 20.2 Å². The van der Waals surface area contributed by atoms with Crippen molar-refractivity contribution in [1.82, 2.24) is 29.6 Å². The molecule has 0 spiro atoms. The highest BCUT2D eigenvalue weighted by atomic mass is 19.4. The third-order valence-corrected chi connectivity index (χ3v) is 4.88. The second kappa shape index (κ2) is 8.04. The number of aliphatic hydroxyl groups is 1. The van der Waals surface area contributed by atoms with Crippen molar-refractivity contribution >= 4 is 16.8 Å². The van der Waals surface area contributed by atoms with Crippen LogP contribution in [-0.2, 0) is 13.2 Å². The number of hydrogen-bond donors (Lipinski definition) is 1. The number of likely N-dealkylation sites (N-methyl/N-ethyl adjacent to an activating group) is 1. The van der Waals surface area contributed by atoms with E-state index in [1.54, 1.807) is 37.0 Å². The first kappa shape index (κ1) is 21.4. The van der Waals surface area contributed by atoms with E-state index in [4.69, 9.17) is 5.11 Å². The lowest BCUT2D eigenvalue weighted by molar-refractivity contribution is -0.159. The Balaban J connectivity index is 1.69. The molecule has 166 valence electrons. The van der Waals surface area contributed by atoms with E-state index in [2.05, 4.69) is 24.6 Å². The number of amides is 1. The molecule has 4 rings (SSSR count). The Bertz CT molecular complexity index is 1300. The van der Waals surface area contributed by atoms with Crippen molar-refractivity contribution in [3.05, 3.63) is 48.2 Å². The molecule has 4 heterocycles. The number of nitrogens with zero attached hydrogens (tertiary/aromatic N) is 6. The summed E-state index contributed by atoms with van der Waals surface area (Å²) < 4.78 is 44.2. The van der Waals surface area contributed by atoms with Crippen LogP contribution in [0.2, 0.25) is 0 Å². The van der Waals surface area contributed by atoms with Gasteiger partial charge in [0.05, 0.1) is 29.7 Å². The van der Waals surface area contributed by atoms with Crippen molar-refractivity contribution in [1.29, 1.82) is 0 Å². The van der Waals surface area contributed by atoms with Crippen molar-refractivity contribution in [2.45, 2.75) is 6.18 Å². The molecule has 0 fully saturated rings. The van der Waals surface area contributed by atoms with Gasteiger partial charge in [-0.15, -0.1) is 0 Å². The highest BCUT2D eigenvalue weighted by molar-refractivity contribution is 5.99. The molecule has 0 atom stereocenters. The summed E-state index contributed by atoms with van der Waals surface area (Å²) in [4.78, 5) is 26.0. The zero-order valence-corrected chi connectivity index (χ0v) is 17.0. The van der Waals surface area contributed by atoms with Crippen LogP contribution < -0.4 is 0 Å². The molecule has 12 heteroatoms. The van der Waals surface area contributed by atoms with Gasteiger partial charge in [-0.05, 0) is 24.3 Å². The number of aryl methyl sites for hydroxylation is 1. The molecule has 4 aromatic heterocycles. The second-order valence-electron chi connectivity index (χ2n) is 7.02. The Morgan fingerprint density at radius 2 is 1.97 bits per heavy atom. The molecule has 1 amide bonds. The summed E-state index contributed by atoms with van der Waals surface area (Å²) >= 11 is 0. The quantitative estimate of drug-likeness (QED) is 0.502. The Kier molecular flexibility index (Phi) is 5.38. The largest absolute Gasteiger partial charge is 0.471 e. The Labute approximate surface area is 179 Å². The highest BCUT2D eigenvalue weighted by Crippen LogP contribution is 2.30. The number of pyridine rings is 2. The molecule has 1 N–H and O–H groups in total. The summed E-state index contributed by atoms with van der Waals surface area (Å²) in [5.41, 5.74) is 2.25. The van der Waals surface area contributed by atoms with Gasteiger partial charge in [-0.2, -0.15) is 18.2 Å². The number of rotatable bonds is 5. The van der Waals surface area contributed by atoms with Crippen LogP contribution in [0.3, 0.4) is 0 Å². The minimum atomic E-state index is -4.73. The van der Waals surface area contributed by atoms with Crippen molar-refractivity contribution in [2.24, 2.45) is 7.05 Å². The molecule has 0 saturated heterocycles. The smallest absolute Gasteiger partial charge is 0.395 e. The van der Waals surface area contributed by atoms with Gasteiger partial charge in [0.1, 0.15) is 5.69 Å². The maximum Gasteiger partial charge on any atom is 0.471 e. The molecule has 0 unspecified atom stereocenters. The molecule has 0 aliphatic heterocycles. The van der Waals surface area contributed by atoms with Crippen LogP contribution in [0, 0.1) is 0 Å². The number of halogens is 3. The molecule has 9 nitrogen and oxygen atoms in total. The third kappa shape index (κ3) is 3.91. The zero-order chi connectivity index (χ0) is 23.0. The maximum absolute atomic E-state index is 12.7. The van der Waals surface area contributed by atoms with Gasteiger partial charge >= 0.3 is 12.1 Å². The van der Waals surface area contributed by atoms with Crippen molar-refractivity contribution in [3.8, 4) is 22.8 Å². The molecule has 0 bridgehead atoms. The molecule has 0 aliphatic carbocycles. The predicted molar refractivity (Wildman–Crippen MR) is 106 cm³/mol. The minimum Gasteiger partial charge on any atom is -0.395 e. The average molecular weight is 446 g/mol. The first-order valence-corrected chi connectivity index (χ1v) is 9.38. The summed E-state index contributed by atoms with van der Waals surface area (Å²) in [6.07, 6.45) is -1.75. The number of aromatic nitrogens is 5. The van der Waals surface area contributed by atoms with Gasteiger partial charge in [0, 0.05) is 37.8 Å². The zero-order valence-electron chi connectivity index (χ0n) is 17.0. The summed E-state index contributed by atoms with van der Waals surface area (Å²) in [7, 11) is 3.33. The summed E-state index contributed by atoms with van der Waals surface area (Å²) in [5, 5.41) is 13.2. The predicted octanol–water partition coefficient (Wildman–Crippen LogP) is 2.77.